The Balaban J connectivity index is 2.04. The van der Waals surface area contributed by atoms with Crippen LogP contribution >= 0.6 is 15.9 Å². The molecule has 0 bridgehead atoms. The Morgan fingerprint density at radius 3 is 2.76 bits per heavy atom. The zero-order chi connectivity index (χ0) is 18.1. The van der Waals surface area contributed by atoms with Crippen LogP contribution in [0.25, 0.3) is 5.65 Å². The Morgan fingerprint density at radius 2 is 2.04 bits per heavy atom. The molecular weight excluding hydrogens is 378 g/mol. The lowest BCUT2D eigenvalue weighted by molar-refractivity contribution is 0.102. The van der Waals surface area contributed by atoms with Gasteiger partial charge in [-0.2, -0.15) is 0 Å². The van der Waals surface area contributed by atoms with Crippen LogP contribution in [-0.4, -0.2) is 15.3 Å². The quantitative estimate of drug-likeness (QED) is 0.631. The molecule has 1 atom stereocenters. The van der Waals surface area contributed by atoms with Gasteiger partial charge in [-0.1, -0.05) is 32.0 Å². The molecule has 0 fully saturated rings. The molecule has 1 unspecified atom stereocenters. The maximum absolute atomic E-state index is 13.0. The number of anilines is 1. The van der Waals surface area contributed by atoms with Crippen molar-refractivity contribution < 1.29 is 4.79 Å². The van der Waals surface area contributed by atoms with Crippen molar-refractivity contribution in [1.82, 2.24) is 9.38 Å². The second-order valence-corrected chi connectivity index (χ2v) is 7.31. The van der Waals surface area contributed by atoms with E-state index in [0.29, 0.717) is 17.3 Å². The second kappa shape index (κ2) is 7.00. The number of carbonyl (C=O) groups is 1. The number of amides is 1. The Bertz CT molecular complexity index is 946. The zero-order valence-electron chi connectivity index (χ0n) is 14.9. The van der Waals surface area contributed by atoms with Crippen molar-refractivity contribution in [3.63, 3.8) is 0 Å². The van der Waals surface area contributed by atoms with E-state index in [1.165, 1.54) is 0 Å². The summed E-state index contributed by atoms with van der Waals surface area (Å²) >= 11 is 3.54. The first kappa shape index (κ1) is 17.7. The molecule has 5 heteroatoms. The molecule has 25 heavy (non-hydrogen) atoms. The van der Waals surface area contributed by atoms with Crippen LogP contribution < -0.4 is 5.32 Å². The molecule has 0 aliphatic carbocycles. The predicted octanol–water partition coefficient (Wildman–Crippen LogP) is 5.48. The smallest absolute Gasteiger partial charge is 0.274 e. The second-order valence-electron chi connectivity index (χ2n) is 6.46. The molecule has 0 saturated carbocycles. The Kier molecular flexibility index (Phi) is 4.95. The summed E-state index contributed by atoms with van der Waals surface area (Å²) in [5.74, 6) is 0.245. The molecule has 2 aromatic heterocycles. The Morgan fingerprint density at radius 1 is 1.32 bits per heavy atom. The number of aryl methyl sites for hydroxylation is 2. The molecule has 3 rings (SSSR count). The van der Waals surface area contributed by atoms with E-state index in [9.17, 15) is 4.79 Å². The minimum absolute atomic E-state index is 0.141. The fourth-order valence-corrected chi connectivity index (χ4v) is 3.70. The van der Waals surface area contributed by atoms with E-state index in [0.717, 1.165) is 33.4 Å². The minimum Gasteiger partial charge on any atom is -0.320 e. The third-order valence-electron chi connectivity index (χ3n) is 4.55. The van der Waals surface area contributed by atoms with Gasteiger partial charge in [0.2, 0.25) is 0 Å². The van der Waals surface area contributed by atoms with Crippen LogP contribution in [0.2, 0.25) is 0 Å². The van der Waals surface area contributed by atoms with E-state index in [-0.39, 0.29) is 5.91 Å². The molecule has 2 heterocycles. The van der Waals surface area contributed by atoms with Gasteiger partial charge in [0.1, 0.15) is 5.69 Å². The number of hydrogen-bond acceptors (Lipinski definition) is 2. The summed E-state index contributed by atoms with van der Waals surface area (Å²) in [6, 6.07) is 9.99. The summed E-state index contributed by atoms with van der Waals surface area (Å²) in [4.78, 5) is 17.6. The summed E-state index contributed by atoms with van der Waals surface area (Å²) in [6.07, 6.45) is 2.96. The van der Waals surface area contributed by atoms with Gasteiger partial charge in [0.15, 0.2) is 5.65 Å². The summed E-state index contributed by atoms with van der Waals surface area (Å²) in [5, 5.41) is 3.08. The van der Waals surface area contributed by atoms with Gasteiger partial charge < -0.3 is 5.32 Å². The molecule has 1 aromatic carbocycles. The van der Waals surface area contributed by atoms with Gasteiger partial charge in [-0.05, 0) is 65.4 Å². The lowest BCUT2D eigenvalue weighted by Gasteiger charge is -2.15. The van der Waals surface area contributed by atoms with Crippen molar-refractivity contribution in [3.8, 4) is 0 Å². The van der Waals surface area contributed by atoms with E-state index >= 15 is 0 Å². The van der Waals surface area contributed by atoms with E-state index < -0.39 is 0 Å². The third-order valence-corrected chi connectivity index (χ3v) is 5.14. The van der Waals surface area contributed by atoms with E-state index in [4.69, 9.17) is 0 Å². The number of rotatable bonds is 4. The highest BCUT2D eigenvalue weighted by atomic mass is 79.9. The first-order valence-corrected chi connectivity index (χ1v) is 9.26. The standard InChI is InChI=1S/C20H22BrN3O/c1-5-13(3)15-8-6-7-9-17(15)23-20(25)18-14(4)22-19-16(21)10-12(2)11-24(18)19/h6-11,13H,5H2,1-4H3,(H,23,25). The molecule has 0 aliphatic rings. The Labute approximate surface area is 156 Å². The molecule has 4 nitrogen and oxygen atoms in total. The lowest BCUT2D eigenvalue weighted by Crippen LogP contribution is -2.17. The summed E-state index contributed by atoms with van der Waals surface area (Å²) < 4.78 is 2.74. The van der Waals surface area contributed by atoms with Crippen LogP contribution in [0.3, 0.4) is 0 Å². The highest BCUT2D eigenvalue weighted by Crippen LogP contribution is 2.28. The van der Waals surface area contributed by atoms with Crippen LogP contribution in [-0.2, 0) is 0 Å². The van der Waals surface area contributed by atoms with Crippen molar-refractivity contribution in [1.29, 1.82) is 0 Å². The van der Waals surface area contributed by atoms with Crippen LogP contribution in [0.5, 0.6) is 0 Å². The van der Waals surface area contributed by atoms with Gasteiger partial charge in [0.25, 0.3) is 5.91 Å². The maximum atomic E-state index is 13.0. The van der Waals surface area contributed by atoms with Crippen molar-refractivity contribution in [2.45, 2.75) is 40.0 Å². The van der Waals surface area contributed by atoms with Gasteiger partial charge in [0.05, 0.1) is 10.2 Å². The molecule has 0 spiro atoms. The highest BCUT2D eigenvalue weighted by Gasteiger charge is 2.20. The number of carbonyl (C=O) groups excluding carboxylic acids is 1. The molecule has 1 amide bonds. The maximum Gasteiger partial charge on any atom is 0.274 e. The number of imidazole rings is 1. The van der Waals surface area contributed by atoms with Gasteiger partial charge in [-0.15, -0.1) is 0 Å². The van der Waals surface area contributed by atoms with Gasteiger partial charge in [0, 0.05) is 11.9 Å². The minimum atomic E-state index is -0.141. The van der Waals surface area contributed by atoms with Gasteiger partial charge in [-0.25, -0.2) is 4.98 Å². The van der Waals surface area contributed by atoms with Crippen molar-refractivity contribution in [2.24, 2.45) is 0 Å². The fraction of sp³-hybridized carbons (Fsp3) is 0.300. The third kappa shape index (κ3) is 3.33. The molecule has 0 radical (unpaired) electrons. The van der Waals surface area contributed by atoms with Crippen LogP contribution in [0.15, 0.2) is 41.0 Å². The lowest BCUT2D eigenvalue weighted by atomic mass is 9.97. The number of nitrogens with one attached hydrogen (secondary N) is 1. The average Bonchev–Trinajstić information content (AvgIpc) is 2.91. The van der Waals surface area contributed by atoms with Crippen LogP contribution in [0.1, 0.15) is 53.5 Å². The molecule has 0 aliphatic heterocycles. The zero-order valence-corrected chi connectivity index (χ0v) is 16.5. The highest BCUT2D eigenvalue weighted by molar-refractivity contribution is 9.10. The number of para-hydroxylation sites is 1. The number of aromatic nitrogens is 2. The number of hydrogen-bond donors (Lipinski definition) is 1. The van der Waals surface area contributed by atoms with E-state index in [1.807, 2.05) is 48.7 Å². The molecule has 0 saturated heterocycles. The number of nitrogens with zero attached hydrogens (tertiary/aromatic N) is 2. The molecule has 3 aromatic rings. The van der Waals surface area contributed by atoms with E-state index in [1.54, 1.807) is 0 Å². The van der Waals surface area contributed by atoms with Crippen molar-refractivity contribution in [2.75, 3.05) is 5.32 Å². The van der Waals surface area contributed by atoms with Crippen LogP contribution in [0.4, 0.5) is 5.69 Å². The number of pyridine rings is 1. The SMILES string of the molecule is CCC(C)c1ccccc1NC(=O)c1c(C)nc2c(Br)cc(C)cn12. The van der Waals surface area contributed by atoms with Crippen molar-refractivity contribution >= 4 is 33.2 Å². The van der Waals surface area contributed by atoms with Crippen molar-refractivity contribution in [3.05, 3.63) is 63.5 Å². The fourth-order valence-electron chi connectivity index (χ4n) is 3.06. The largest absolute Gasteiger partial charge is 0.320 e. The van der Waals surface area contributed by atoms with Crippen LogP contribution in [0, 0.1) is 13.8 Å². The molecule has 1 N–H and O–H groups in total. The topological polar surface area (TPSA) is 46.4 Å². The van der Waals surface area contributed by atoms with E-state index in [2.05, 4.69) is 46.1 Å². The number of fused-ring (bicyclic) bond motifs is 1. The Hall–Kier alpha value is -2.14. The molecular formula is C20H22BrN3O. The number of halogens is 1. The first-order valence-electron chi connectivity index (χ1n) is 8.47. The molecule has 130 valence electrons. The summed E-state index contributed by atoms with van der Waals surface area (Å²) in [6.45, 7) is 8.19. The first-order chi connectivity index (χ1) is 11.9. The predicted molar refractivity (Wildman–Crippen MR) is 105 cm³/mol. The number of benzene rings is 1. The monoisotopic (exact) mass is 399 g/mol. The average molecular weight is 400 g/mol. The normalized spacial score (nSPS) is 12.4. The summed E-state index contributed by atoms with van der Waals surface area (Å²) in [7, 11) is 0. The van der Waals surface area contributed by atoms with Gasteiger partial charge in [-0.3, -0.25) is 9.20 Å². The summed E-state index contributed by atoms with van der Waals surface area (Å²) in [5.41, 5.74) is 5.11. The van der Waals surface area contributed by atoms with Gasteiger partial charge >= 0.3 is 0 Å².